The zero-order chi connectivity index (χ0) is 16.4. The minimum atomic E-state index is -0.439. The zero-order valence-corrected chi connectivity index (χ0v) is 14.8. The van der Waals surface area contributed by atoms with Gasteiger partial charge in [0.05, 0.1) is 6.61 Å². The summed E-state index contributed by atoms with van der Waals surface area (Å²) < 4.78 is 10.7. The summed E-state index contributed by atoms with van der Waals surface area (Å²) in [6, 6.07) is 8.28. The second-order valence-corrected chi connectivity index (χ2v) is 7.08. The molecule has 0 bridgehead atoms. The summed E-state index contributed by atoms with van der Waals surface area (Å²) in [5.74, 6) is 0. The predicted molar refractivity (Wildman–Crippen MR) is 91.1 cm³/mol. The minimum Gasteiger partial charge on any atom is -0.444 e. The Bertz CT molecular complexity index is 440. The van der Waals surface area contributed by atoms with E-state index in [1.165, 1.54) is 17.6 Å². The molecular formula is C17H27NO3S. The van der Waals surface area contributed by atoms with Crippen molar-refractivity contribution in [1.82, 2.24) is 5.32 Å². The van der Waals surface area contributed by atoms with Gasteiger partial charge in [0.1, 0.15) is 5.60 Å². The Morgan fingerprint density at radius 3 is 2.45 bits per heavy atom. The number of ether oxygens (including phenoxy) is 1. The molecule has 0 fully saturated rings. The third kappa shape index (κ3) is 9.68. The number of carbonyl (C=O) groups excluding carboxylic acids is 1. The molecule has 0 aliphatic rings. The van der Waals surface area contributed by atoms with Crippen LogP contribution in [0.25, 0.3) is 0 Å². The third-order valence-electron chi connectivity index (χ3n) is 2.75. The highest BCUT2D eigenvalue weighted by molar-refractivity contribution is 7.94. The van der Waals surface area contributed by atoms with Gasteiger partial charge in [-0.2, -0.15) is 0 Å². The molecule has 0 aromatic heterocycles. The van der Waals surface area contributed by atoms with Crippen LogP contribution in [0, 0.1) is 6.92 Å². The van der Waals surface area contributed by atoms with Crippen molar-refractivity contribution in [2.75, 3.05) is 13.2 Å². The second kappa shape index (κ2) is 9.74. The van der Waals surface area contributed by atoms with Crippen molar-refractivity contribution in [1.29, 1.82) is 0 Å². The van der Waals surface area contributed by atoms with Gasteiger partial charge in [-0.3, -0.25) is 0 Å². The number of amides is 1. The fourth-order valence-corrected chi connectivity index (χ4v) is 2.26. The first-order valence-electron chi connectivity index (χ1n) is 7.70. The Hall–Kier alpha value is -1.20. The van der Waals surface area contributed by atoms with Crippen molar-refractivity contribution in [3.63, 3.8) is 0 Å². The minimum absolute atomic E-state index is 0.348. The Morgan fingerprint density at radius 2 is 1.82 bits per heavy atom. The molecule has 1 rings (SSSR count). The summed E-state index contributed by atoms with van der Waals surface area (Å²) in [7, 11) is 0. The predicted octanol–water partition coefficient (Wildman–Crippen LogP) is 4.71. The molecule has 1 amide bonds. The summed E-state index contributed by atoms with van der Waals surface area (Å²) in [4.78, 5) is 12.5. The molecular weight excluding hydrogens is 298 g/mol. The lowest BCUT2D eigenvalue weighted by Gasteiger charge is -2.19. The van der Waals surface area contributed by atoms with E-state index < -0.39 is 5.60 Å². The lowest BCUT2D eigenvalue weighted by atomic mass is 10.2. The molecule has 5 heteroatoms. The van der Waals surface area contributed by atoms with Crippen molar-refractivity contribution in [3.05, 3.63) is 29.8 Å². The number of aryl methyl sites for hydroxylation is 1. The lowest BCUT2D eigenvalue weighted by Crippen LogP contribution is -2.33. The molecule has 0 saturated carbocycles. The Labute approximate surface area is 138 Å². The molecule has 0 radical (unpaired) electrons. The van der Waals surface area contributed by atoms with Gasteiger partial charge in [-0.15, -0.1) is 0 Å². The second-order valence-electron chi connectivity index (χ2n) is 6.21. The molecule has 0 spiro atoms. The normalized spacial score (nSPS) is 11.3. The highest BCUT2D eigenvalue weighted by Crippen LogP contribution is 2.19. The summed E-state index contributed by atoms with van der Waals surface area (Å²) in [5, 5.41) is 2.75. The van der Waals surface area contributed by atoms with Gasteiger partial charge in [-0.25, -0.2) is 4.79 Å². The van der Waals surface area contributed by atoms with E-state index in [2.05, 4.69) is 36.5 Å². The third-order valence-corrected chi connectivity index (χ3v) is 3.50. The molecule has 0 heterocycles. The maximum Gasteiger partial charge on any atom is 0.407 e. The first-order chi connectivity index (χ1) is 10.4. The van der Waals surface area contributed by atoms with E-state index in [-0.39, 0.29) is 6.09 Å². The molecule has 1 N–H and O–H groups in total. The summed E-state index contributed by atoms with van der Waals surface area (Å²) in [5.41, 5.74) is 0.812. The van der Waals surface area contributed by atoms with E-state index in [9.17, 15) is 4.79 Å². The highest BCUT2D eigenvalue weighted by Gasteiger charge is 2.15. The van der Waals surface area contributed by atoms with Gasteiger partial charge in [0.2, 0.25) is 0 Å². The number of carbonyl (C=O) groups is 1. The standard InChI is InChI=1S/C17H27NO3S/c1-14-8-10-15(11-9-14)22-20-13-7-5-6-12-18-16(19)21-17(2,3)4/h8-11H,5-7,12-13H2,1-4H3,(H,18,19). The largest absolute Gasteiger partial charge is 0.444 e. The fourth-order valence-electron chi connectivity index (χ4n) is 1.67. The molecule has 1 aromatic carbocycles. The van der Waals surface area contributed by atoms with Gasteiger partial charge in [-0.1, -0.05) is 17.7 Å². The van der Waals surface area contributed by atoms with Gasteiger partial charge >= 0.3 is 6.09 Å². The van der Waals surface area contributed by atoms with E-state index >= 15 is 0 Å². The van der Waals surface area contributed by atoms with E-state index in [4.69, 9.17) is 8.92 Å². The summed E-state index contributed by atoms with van der Waals surface area (Å²) in [6.07, 6.45) is 2.58. The molecule has 1 aromatic rings. The van der Waals surface area contributed by atoms with Crippen LogP contribution in [0.3, 0.4) is 0 Å². The van der Waals surface area contributed by atoms with Gasteiger partial charge in [-0.05, 0) is 59.1 Å². The maximum absolute atomic E-state index is 11.4. The van der Waals surface area contributed by atoms with Crippen LogP contribution >= 0.6 is 12.0 Å². The van der Waals surface area contributed by atoms with Crippen molar-refractivity contribution >= 4 is 18.1 Å². The number of unbranched alkanes of at least 4 members (excludes halogenated alkanes) is 2. The van der Waals surface area contributed by atoms with Crippen LogP contribution in [-0.2, 0) is 8.92 Å². The number of alkyl carbamates (subject to hydrolysis) is 1. The van der Waals surface area contributed by atoms with Gasteiger partial charge in [0.15, 0.2) is 0 Å². The topological polar surface area (TPSA) is 47.6 Å². The first kappa shape index (κ1) is 18.8. The number of hydrogen-bond donors (Lipinski definition) is 1. The molecule has 0 saturated heterocycles. The Kier molecular flexibility index (Phi) is 8.35. The number of benzene rings is 1. The van der Waals surface area contributed by atoms with Crippen LogP contribution in [0.5, 0.6) is 0 Å². The van der Waals surface area contributed by atoms with Crippen LogP contribution in [0.15, 0.2) is 29.2 Å². The number of hydrogen-bond acceptors (Lipinski definition) is 4. The highest BCUT2D eigenvalue weighted by atomic mass is 32.2. The van der Waals surface area contributed by atoms with Crippen LogP contribution in [0.4, 0.5) is 4.79 Å². The SMILES string of the molecule is Cc1ccc(SOCCCCCNC(=O)OC(C)(C)C)cc1. The smallest absolute Gasteiger partial charge is 0.407 e. The van der Waals surface area contributed by atoms with E-state index in [1.54, 1.807) is 0 Å². The first-order valence-corrected chi connectivity index (χ1v) is 8.44. The quantitative estimate of drug-likeness (QED) is 0.555. The Balaban J connectivity index is 1.95. The van der Waals surface area contributed by atoms with E-state index in [0.717, 1.165) is 24.2 Å². The molecule has 4 nitrogen and oxygen atoms in total. The zero-order valence-electron chi connectivity index (χ0n) is 14.0. The maximum atomic E-state index is 11.4. The van der Waals surface area contributed by atoms with Crippen molar-refractivity contribution in [3.8, 4) is 0 Å². The number of nitrogens with one attached hydrogen (secondary N) is 1. The average molecular weight is 325 g/mol. The van der Waals surface area contributed by atoms with E-state index in [1.807, 2.05) is 20.8 Å². The van der Waals surface area contributed by atoms with Crippen molar-refractivity contribution < 1.29 is 13.7 Å². The molecule has 0 aliphatic heterocycles. The molecule has 0 aliphatic carbocycles. The van der Waals surface area contributed by atoms with Gasteiger partial charge < -0.3 is 14.2 Å². The number of rotatable bonds is 8. The monoisotopic (exact) mass is 325 g/mol. The molecule has 0 atom stereocenters. The summed E-state index contributed by atoms with van der Waals surface area (Å²) >= 11 is 1.41. The summed E-state index contributed by atoms with van der Waals surface area (Å²) in [6.45, 7) is 8.99. The van der Waals surface area contributed by atoms with Gasteiger partial charge in [0, 0.05) is 23.5 Å². The van der Waals surface area contributed by atoms with Crippen LogP contribution in [-0.4, -0.2) is 24.8 Å². The van der Waals surface area contributed by atoms with Crippen LogP contribution in [0.2, 0.25) is 0 Å². The lowest BCUT2D eigenvalue weighted by molar-refractivity contribution is 0.0527. The molecule has 124 valence electrons. The molecule has 22 heavy (non-hydrogen) atoms. The Morgan fingerprint density at radius 1 is 1.14 bits per heavy atom. The van der Waals surface area contributed by atoms with Crippen molar-refractivity contribution in [2.45, 2.75) is 57.5 Å². The van der Waals surface area contributed by atoms with Gasteiger partial charge in [0.25, 0.3) is 0 Å². The van der Waals surface area contributed by atoms with Crippen LogP contribution in [0.1, 0.15) is 45.6 Å². The fraction of sp³-hybridized carbons (Fsp3) is 0.588. The van der Waals surface area contributed by atoms with Crippen molar-refractivity contribution in [2.24, 2.45) is 0 Å². The van der Waals surface area contributed by atoms with Crippen LogP contribution < -0.4 is 5.32 Å². The average Bonchev–Trinajstić information content (AvgIpc) is 2.42. The molecule has 0 unspecified atom stereocenters. The van der Waals surface area contributed by atoms with E-state index in [0.29, 0.717) is 13.2 Å².